The smallest absolute Gasteiger partial charge is 0.236 e. The Kier molecular flexibility index (Phi) is 7.51. The lowest BCUT2D eigenvalue weighted by atomic mass is 10.2. The first-order chi connectivity index (χ1) is 13.1. The van der Waals surface area contributed by atoms with Crippen LogP contribution in [0, 0.1) is 5.82 Å². The summed E-state index contributed by atoms with van der Waals surface area (Å²) in [5.74, 6) is 0.988. The maximum atomic E-state index is 13.8. The van der Waals surface area contributed by atoms with E-state index < -0.39 is 0 Å². The van der Waals surface area contributed by atoms with Crippen molar-refractivity contribution in [1.29, 1.82) is 0 Å². The van der Waals surface area contributed by atoms with Gasteiger partial charge in [-0.3, -0.25) is 10.1 Å². The second kappa shape index (κ2) is 10.1. The summed E-state index contributed by atoms with van der Waals surface area (Å²) < 4.78 is 14.4. The molecular weight excluding hydrogens is 425 g/mol. The SMILES string of the molecule is O=C(CSCc1ccccc1)Nc1nnc(SCc2c(F)cccc2Cl)s1. The third kappa shape index (κ3) is 6.21. The van der Waals surface area contributed by atoms with E-state index in [0.29, 0.717) is 31.6 Å². The summed E-state index contributed by atoms with van der Waals surface area (Å²) in [7, 11) is 0. The Morgan fingerprint density at radius 2 is 1.93 bits per heavy atom. The molecule has 140 valence electrons. The van der Waals surface area contributed by atoms with Crippen molar-refractivity contribution in [2.75, 3.05) is 11.1 Å². The summed E-state index contributed by atoms with van der Waals surface area (Å²) in [6.45, 7) is 0. The topological polar surface area (TPSA) is 54.9 Å². The maximum absolute atomic E-state index is 13.8. The van der Waals surface area contributed by atoms with Gasteiger partial charge in [0, 0.05) is 22.1 Å². The minimum absolute atomic E-state index is 0.124. The minimum Gasteiger partial charge on any atom is -0.300 e. The van der Waals surface area contributed by atoms with Crippen molar-refractivity contribution in [3.8, 4) is 0 Å². The van der Waals surface area contributed by atoms with Gasteiger partial charge in [-0.1, -0.05) is 71.1 Å². The van der Waals surface area contributed by atoms with Gasteiger partial charge in [0.1, 0.15) is 5.82 Å². The Morgan fingerprint density at radius 1 is 1.11 bits per heavy atom. The average Bonchev–Trinajstić information content (AvgIpc) is 3.09. The van der Waals surface area contributed by atoms with Crippen LogP contribution in [0.2, 0.25) is 5.02 Å². The monoisotopic (exact) mass is 439 g/mol. The average molecular weight is 440 g/mol. The molecule has 0 spiro atoms. The third-order valence-corrected chi connectivity index (χ3v) is 6.76. The van der Waals surface area contributed by atoms with Crippen molar-refractivity contribution in [3.63, 3.8) is 0 Å². The summed E-state index contributed by atoms with van der Waals surface area (Å²) >= 11 is 10.1. The molecule has 0 radical (unpaired) electrons. The molecule has 0 fully saturated rings. The second-order valence-corrected chi connectivity index (χ2v) is 8.98. The second-order valence-electron chi connectivity index (χ2n) is 5.39. The van der Waals surface area contributed by atoms with Crippen LogP contribution >= 0.6 is 46.5 Å². The lowest BCUT2D eigenvalue weighted by molar-refractivity contribution is -0.113. The summed E-state index contributed by atoms with van der Waals surface area (Å²) in [6, 6.07) is 14.6. The predicted molar refractivity (Wildman–Crippen MR) is 112 cm³/mol. The zero-order valence-corrected chi connectivity index (χ0v) is 17.2. The van der Waals surface area contributed by atoms with Crippen LogP contribution in [0.25, 0.3) is 0 Å². The zero-order valence-electron chi connectivity index (χ0n) is 14.0. The number of aromatic nitrogens is 2. The Balaban J connectivity index is 1.45. The van der Waals surface area contributed by atoms with Gasteiger partial charge in [-0.25, -0.2) is 4.39 Å². The number of halogens is 2. The molecule has 0 unspecified atom stereocenters. The Bertz CT molecular complexity index is 888. The normalized spacial score (nSPS) is 10.7. The minimum atomic E-state index is -0.344. The van der Waals surface area contributed by atoms with Crippen LogP contribution < -0.4 is 5.32 Å². The lowest BCUT2D eigenvalue weighted by Gasteiger charge is -2.03. The van der Waals surface area contributed by atoms with Crippen LogP contribution in [0.3, 0.4) is 0 Å². The molecule has 1 heterocycles. The number of hydrogen-bond donors (Lipinski definition) is 1. The van der Waals surface area contributed by atoms with Gasteiger partial charge in [0.2, 0.25) is 11.0 Å². The van der Waals surface area contributed by atoms with E-state index in [4.69, 9.17) is 11.6 Å². The van der Waals surface area contributed by atoms with Crippen molar-refractivity contribution in [3.05, 3.63) is 70.5 Å². The highest BCUT2D eigenvalue weighted by Crippen LogP contribution is 2.31. The molecule has 0 aliphatic heterocycles. The van der Waals surface area contributed by atoms with E-state index in [2.05, 4.69) is 15.5 Å². The summed E-state index contributed by atoms with van der Waals surface area (Å²) in [5, 5.41) is 11.5. The molecule has 0 saturated heterocycles. The Labute approximate surface area is 173 Å². The first-order valence-corrected chi connectivity index (χ1v) is 11.3. The number of carbonyl (C=O) groups excluding carboxylic acids is 1. The zero-order chi connectivity index (χ0) is 19.1. The fraction of sp³-hybridized carbons (Fsp3) is 0.167. The van der Waals surface area contributed by atoms with E-state index in [1.54, 1.807) is 12.1 Å². The highest BCUT2D eigenvalue weighted by atomic mass is 35.5. The molecule has 0 saturated carbocycles. The van der Waals surface area contributed by atoms with Gasteiger partial charge in [0.05, 0.1) is 5.75 Å². The number of rotatable bonds is 8. The molecule has 4 nitrogen and oxygen atoms in total. The number of anilines is 1. The van der Waals surface area contributed by atoms with Crippen LogP contribution in [0.5, 0.6) is 0 Å². The molecule has 27 heavy (non-hydrogen) atoms. The number of amides is 1. The van der Waals surface area contributed by atoms with Crippen molar-refractivity contribution in [1.82, 2.24) is 10.2 Å². The number of hydrogen-bond acceptors (Lipinski definition) is 6. The van der Waals surface area contributed by atoms with E-state index >= 15 is 0 Å². The maximum Gasteiger partial charge on any atom is 0.236 e. The van der Waals surface area contributed by atoms with Crippen molar-refractivity contribution < 1.29 is 9.18 Å². The van der Waals surface area contributed by atoms with Crippen LogP contribution in [-0.2, 0) is 16.3 Å². The third-order valence-electron chi connectivity index (χ3n) is 3.40. The number of carbonyl (C=O) groups is 1. The molecule has 9 heteroatoms. The van der Waals surface area contributed by atoms with E-state index in [9.17, 15) is 9.18 Å². The van der Waals surface area contributed by atoms with Gasteiger partial charge < -0.3 is 0 Å². The van der Waals surface area contributed by atoms with E-state index in [1.807, 2.05) is 30.3 Å². The number of thioether (sulfide) groups is 2. The lowest BCUT2D eigenvalue weighted by Crippen LogP contribution is -2.13. The van der Waals surface area contributed by atoms with E-state index in [-0.39, 0.29) is 11.7 Å². The van der Waals surface area contributed by atoms with Crippen molar-refractivity contribution >= 4 is 57.5 Å². The summed E-state index contributed by atoms with van der Waals surface area (Å²) in [6.07, 6.45) is 0. The molecule has 2 aromatic carbocycles. The molecule has 0 aliphatic carbocycles. The molecule has 1 amide bonds. The molecular formula is C18H15ClFN3OS3. The Hall–Kier alpha value is -1.61. The molecule has 3 aromatic rings. The van der Waals surface area contributed by atoms with Gasteiger partial charge in [-0.2, -0.15) is 0 Å². The molecule has 1 N–H and O–H groups in total. The fourth-order valence-electron chi connectivity index (χ4n) is 2.11. The van der Waals surface area contributed by atoms with Gasteiger partial charge >= 0.3 is 0 Å². The Morgan fingerprint density at radius 3 is 2.70 bits per heavy atom. The largest absolute Gasteiger partial charge is 0.300 e. The van der Waals surface area contributed by atoms with Crippen LogP contribution in [0.1, 0.15) is 11.1 Å². The number of benzene rings is 2. The summed E-state index contributed by atoms with van der Waals surface area (Å²) in [5.41, 5.74) is 1.61. The van der Waals surface area contributed by atoms with Gasteiger partial charge in [0.15, 0.2) is 4.34 Å². The molecule has 0 atom stereocenters. The van der Waals surface area contributed by atoms with Crippen LogP contribution in [-0.4, -0.2) is 21.9 Å². The predicted octanol–water partition coefficient (Wildman–Crippen LogP) is 5.49. The van der Waals surface area contributed by atoms with Gasteiger partial charge in [-0.15, -0.1) is 22.0 Å². The van der Waals surface area contributed by atoms with Crippen molar-refractivity contribution in [2.45, 2.75) is 15.8 Å². The molecule has 3 rings (SSSR count). The fourth-order valence-corrected chi connectivity index (χ4v) is 5.01. The molecule has 0 aliphatic rings. The number of nitrogens with one attached hydrogen (secondary N) is 1. The molecule has 1 aromatic heterocycles. The summed E-state index contributed by atoms with van der Waals surface area (Å²) in [4.78, 5) is 12.0. The van der Waals surface area contributed by atoms with E-state index in [0.717, 1.165) is 5.75 Å². The first kappa shape index (κ1) is 20.1. The van der Waals surface area contributed by atoms with Gasteiger partial charge in [-0.05, 0) is 17.7 Å². The van der Waals surface area contributed by atoms with Crippen LogP contribution in [0.4, 0.5) is 9.52 Å². The van der Waals surface area contributed by atoms with Gasteiger partial charge in [0.25, 0.3) is 0 Å². The molecule has 0 bridgehead atoms. The van der Waals surface area contributed by atoms with E-state index in [1.165, 1.54) is 46.5 Å². The highest BCUT2D eigenvalue weighted by Gasteiger charge is 2.12. The standard InChI is InChI=1S/C18H15ClFN3OS3/c19-14-7-4-8-15(20)13(14)10-26-18-23-22-17(27-18)21-16(24)11-25-9-12-5-2-1-3-6-12/h1-8H,9-11H2,(H,21,22,24). The quantitative estimate of drug-likeness (QED) is 0.371. The number of nitrogens with zero attached hydrogens (tertiary/aromatic N) is 2. The van der Waals surface area contributed by atoms with Crippen LogP contribution in [0.15, 0.2) is 52.9 Å². The van der Waals surface area contributed by atoms with Crippen molar-refractivity contribution in [2.24, 2.45) is 0 Å². The highest BCUT2D eigenvalue weighted by molar-refractivity contribution is 8.00. The first-order valence-electron chi connectivity index (χ1n) is 7.92.